The number of ketones is 2. The lowest BCUT2D eigenvalue weighted by Crippen LogP contribution is -2.14. The molecule has 14 heavy (non-hydrogen) atoms. The Balaban J connectivity index is 3.71. The van der Waals surface area contributed by atoms with Crippen LogP contribution in [0.25, 0.3) is 0 Å². The minimum absolute atomic E-state index is 0.0981. The van der Waals surface area contributed by atoms with E-state index in [4.69, 9.17) is 4.55 Å². The maximum Gasteiger partial charge on any atom is 0.148 e. The average Bonchev–Trinajstić information content (AvgIpc) is 2.00. The van der Waals surface area contributed by atoms with Crippen molar-refractivity contribution in [2.24, 2.45) is 0 Å². The molecule has 0 rings (SSSR count). The standard InChI is InChI=1S/C8H14O4S2/c1-2-7(9)4-3-5-8(10)6-14(11,12)13/h2-6H2,1H3,(H,11,12,13). The van der Waals surface area contributed by atoms with Crippen LogP contribution < -0.4 is 0 Å². The summed E-state index contributed by atoms with van der Waals surface area (Å²) < 4.78 is 19.3. The van der Waals surface area contributed by atoms with Gasteiger partial charge in [-0.3, -0.25) is 9.59 Å². The highest BCUT2D eigenvalue weighted by molar-refractivity contribution is 8.30. The van der Waals surface area contributed by atoms with E-state index in [1.54, 1.807) is 6.92 Å². The molecule has 0 saturated heterocycles. The van der Waals surface area contributed by atoms with E-state index in [-0.39, 0.29) is 18.0 Å². The highest BCUT2D eigenvalue weighted by Gasteiger charge is 2.09. The Morgan fingerprint density at radius 1 is 1.29 bits per heavy atom. The first-order valence-corrected chi connectivity index (χ1v) is 6.94. The molecule has 0 aromatic carbocycles. The van der Waals surface area contributed by atoms with E-state index in [9.17, 15) is 13.8 Å². The zero-order valence-corrected chi connectivity index (χ0v) is 9.66. The van der Waals surface area contributed by atoms with Crippen molar-refractivity contribution in [2.45, 2.75) is 32.6 Å². The summed E-state index contributed by atoms with van der Waals surface area (Å²) in [6.07, 6.45) is 1.41. The smallest absolute Gasteiger partial charge is 0.148 e. The van der Waals surface area contributed by atoms with E-state index in [1.807, 2.05) is 0 Å². The van der Waals surface area contributed by atoms with Gasteiger partial charge in [-0.2, -0.15) is 0 Å². The lowest BCUT2D eigenvalue weighted by molar-refractivity contribution is -0.119. The van der Waals surface area contributed by atoms with Crippen molar-refractivity contribution in [3.63, 3.8) is 0 Å². The number of carbonyl (C=O) groups excluding carboxylic acids is 2. The van der Waals surface area contributed by atoms with Crippen LogP contribution in [-0.4, -0.2) is 26.1 Å². The van der Waals surface area contributed by atoms with Gasteiger partial charge in [0.1, 0.15) is 26.1 Å². The van der Waals surface area contributed by atoms with E-state index in [1.165, 1.54) is 0 Å². The average molecular weight is 238 g/mol. The van der Waals surface area contributed by atoms with Gasteiger partial charge in [-0.15, -0.1) is 0 Å². The summed E-state index contributed by atoms with van der Waals surface area (Å²) in [5.74, 6) is -0.736. The van der Waals surface area contributed by atoms with E-state index in [2.05, 4.69) is 11.2 Å². The molecule has 0 bridgehead atoms. The monoisotopic (exact) mass is 238 g/mol. The van der Waals surface area contributed by atoms with Gasteiger partial charge >= 0.3 is 0 Å². The molecule has 0 spiro atoms. The second-order valence-corrected chi connectivity index (χ2v) is 6.03. The van der Waals surface area contributed by atoms with Gasteiger partial charge in [0, 0.05) is 30.5 Å². The van der Waals surface area contributed by atoms with Crippen molar-refractivity contribution in [2.75, 3.05) is 5.75 Å². The summed E-state index contributed by atoms with van der Waals surface area (Å²) in [5, 5.41) is 0. The minimum Gasteiger partial charge on any atom is -0.305 e. The third-order valence-corrected chi connectivity index (χ3v) is 2.69. The van der Waals surface area contributed by atoms with Crippen LogP contribution in [0.3, 0.4) is 0 Å². The third kappa shape index (κ3) is 8.28. The summed E-state index contributed by atoms with van der Waals surface area (Å²) >= 11 is 4.18. The first kappa shape index (κ1) is 13.7. The first-order chi connectivity index (χ1) is 6.35. The quantitative estimate of drug-likeness (QED) is 0.714. The summed E-state index contributed by atoms with van der Waals surface area (Å²) in [5.41, 5.74) is 0. The maximum atomic E-state index is 11.0. The Hall–Kier alpha value is -0.330. The molecule has 0 amide bonds. The van der Waals surface area contributed by atoms with Crippen LogP contribution in [0, 0.1) is 0 Å². The molecule has 0 aliphatic carbocycles. The number of rotatable bonds is 7. The predicted octanol–water partition coefficient (Wildman–Crippen LogP) is 0.924. The highest BCUT2D eigenvalue weighted by Crippen LogP contribution is 2.01. The van der Waals surface area contributed by atoms with Gasteiger partial charge in [-0.1, -0.05) is 6.92 Å². The Morgan fingerprint density at radius 2 is 1.79 bits per heavy atom. The van der Waals surface area contributed by atoms with Crippen molar-refractivity contribution in [3.05, 3.63) is 0 Å². The molecule has 82 valence electrons. The zero-order valence-electron chi connectivity index (χ0n) is 8.02. The van der Waals surface area contributed by atoms with Crippen molar-refractivity contribution < 1.29 is 18.4 Å². The molecule has 1 atom stereocenters. The fourth-order valence-corrected chi connectivity index (χ4v) is 1.88. The van der Waals surface area contributed by atoms with Crippen molar-refractivity contribution in [3.8, 4) is 0 Å². The van der Waals surface area contributed by atoms with Crippen LogP contribution in [-0.2, 0) is 29.6 Å². The largest absolute Gasteiger partial charge is 0.305 e. The van der Waals surface area contributed by atoms with E-state index >= 15 is 0 Å². The normalized spacial score (nSPS) is 14.7. The molecule has 0 heterocycles. The van der Waals surface area contributed by atoms with Crippen molar-refractivity contribution in [1.29, 1.82) is 0 Å². The van der Waals surface area contributed by atoms with Gasteiger partial charge in [-0.25, -0.2) is 4.21 Å². The van der Waals surface area contributed by atoms with Gasteiger partial charge in [0.05, 0.1) is 0 Å². The molecular formula is C8H14O4S2. The van der Waals surface area contributed by atoms with E-state index in [0.717, 1.165) is 0 Å². The Labute approximate surface area is 88.6 Å². The second kappa shape index (κ2) is 6.21. The summed E-state index contributed by atoms with van der Waals surface area (Å²) in [4.78, 5) is 21.9. The summed E-state index contributed by atoms with van der Waals surface area (Å²) in [6.45, 7) is 1.76. The van der Waals surface area contributed by atoms with E-state index < -0.39 is 14.5 Å². The second-order valence-electron chi connectivity index (χ2n) is 3.01. The molecule has 0 radical (unpaired) electrons. The minimum atomic E-state index is -3.38. The van der Waals surface area contributed by atoms with Gasteiger partial charge in [0.25, 0.3) is 0 Å². The van der Waals surface area contributed by atoms with Gasteiger partial charge in [-0.05, 0) is 6.42 Å². The van der Waals surface area contributed by atoms with Crippen LogP contribution in [0.2, 0.25) is 0 Å². The van der Waals surface area contributed by atoms with Crippen molar-refractivity contribution in [1.82, 2.24) is 0 Å². The lowest BCUT2D eigenvalue weighted by Gasteiger charge is -1.99. The molecule has 0 fully saturated rings. The number of hydrogen-bond donors (Lipinski definition) is 1. The molecule has 0 aliphatic heterocycles. The first-order valence-electron chi connectivity index (χ1n) is 4.33. The number of hydrogen-bond acceptors (Lipinski definition) is 4. The molecule has 0 aromatic heterocycles. The SMILES string of the molecule is CCC(=O)CCCC(=O)CS(=O)(O)=S. The molecule has 1 N–H and O–H groups in total. The number of Topliss-reactive ketones (excluding diaryl/α,β-unsaturated/α-hetero) is 2. The van der Waals surface area contributed by atoms with Crippen LogP contribution in [0.5, 0.6) is 0 Å². The summed E-state index contributed by atoms with van der Waals surface area (Å²) in [6, 6.07) is 0. The van der Waals surface area contributed by atoms with Gasteiger partial charge in [0.15, 0.2) is 0 Å². The fourth-order valence-electron chi connectivity index (χ4n) is 0.935. The maximum absolute atomic E-state index is 11.0. The van der Waals surface area contributed by atoms with Gasteiger partial charge in [0.2, 0.25) is 0 Å². The third-order valence-electron chi connectivity index (χ3n) is 1.65. The topological polar surface area (TPSA) is 71.4 Å². The molecule has 0 aromatic rings. The molecule has 0 saturated carbocycles. The lowest BCUT2D eigenvalue weighted by atomic mass is 10.1. The summed E-state index contributed by atoms with van der Waals surface area (Å²) in [7, 11) is -3.38. The Kier molecular flexibility index (Phi) is 6.06. The van der Waals surface area contributed by atoms with Crippen molar-refractivity contribution >= 4 is 31.5 Å². The highest BCUT2D eigenvalue weighted by atomic mass is 32.8. The zero-order chi connectivity index (χ0) is 11.2. The molecule has 6 heteroatoms. The van der Waals surface area contributed by atoms with Crippen LogP contribution in [0.4, 0.5) is 0 Å². The Morgan fingerprint density at radius 3 is 2.21 bits per heavy atom. The predicted molar refractivity (Wildman–Crippen MR) is 57.2 cm³/mol. The number of carbonyl (C=O) groups is 2. The molecule has 0 aliphatic rings. The molecule has 1 unspecified atom stereocenters. The molecule has 4 nitrogen and oxygen atoms in total. The fraction of sp³-hybridized carbons (Fsp3) is 0.750. The van der Waals surface area contributed by atoms with Crippen LogP contribution in [0.15, 0.2) is 0 Å². The van der Waals surface area contributed by atoms with Gasteiger partial charge < -0.3 is 4.55 Å². The van der Waals surface area contributed by atoms with Crippen LogP contribution >= 0.6 is 0 Å². The Bertz CT molecular complexity index is 305. The van der Waals surface area contributed by atoms with Crippen LogP contribution in [0.1, 0.15) is 32.6 Å². The molecular weight excluding hydrogens is 224 g/mol. The van der Waals surface area contributed by atoms with E-state index in [0.29, 0.717) is 19.3 Å².